The lowest BCUT2D eigenvalue weighted by atomic mass is 10.2. The van der Waals surface area contributed by atoms with E-state index in [1.54, 1.807) is 13.8 Å². The molecule has 22 heavy (non-hydrogen) atoms. The van der Waals surface area contributed by atoms with Crippen LogP contribution in [-0.2, 0) is 19.1 Å². The summed E-state index contributed by atoms with van der Waals surface area (Å²) in [4.78, 5) is 24.8. The molecular weight excluding hydrogens is 302 g/mol. The molecular formula is C16H21NO4S. The first kappa shape index (κ1) is 17.0. The van der Waals surface area contributed by atoms with Crippen LogP contribution in [-0.4, -0.2) is 35.6 Å². The predicted molar refractivity (Wildman–Crippen MR) is 84.6 cm³/mol. The molecule has 1 aliphatic heterocycles. The van der Waals surface area contributed by atoms with Gasteiger partial charge in [0.25, 0.3) is 0 Å². The van der Waals surface area contributed by atoms with Gasteiger partial charge < -0.3 is 14.8 Å². The summed E-state index contributed by atoms with van der Waals surface area (Å²) in [5.74, 6) is -1.01. The van der Waals surface area contributed by atoms with Crippen LogP contribution in [0.1, 0.15) is 26.3 Å². The number of benzene rings is 1. The Morgan fingerprint density at radius 1 is 1.32 bits per heavy atom. The summed E-state index contributed by atoms with van der Waals surface area (Å²) in [6, 6.07) is 6.94. The molecule has 5 nitrogen and oxygen atoms in total. The molecule has 0 spiro atoms. The maximum atomic E-state index is 12.5. The fraction of sp³-hybridized carbons (Fsp3) is 0.500. The van der Waals surface area contributed by atoms with Crippen molar-refractivity contribution < 1.29 is 19.1 Å². The van der Waals surface area contributed by atoms with Gasteiger partial charge in [-0.15, -0.1) is 0 Å². The fourth-order valence-corrected chi connectivity index (χ4v) is 3.03. The standard InChI is InChI=1S/C16H21NO4S/c1-10-5-7-12(8-6-10)22-15(19)14(17-11(2)18)13-9-20-16(3,4)21-13/h5-8,13-14H,9H2,1-4H3,(H,17,18)/t13-,14-/m1/s1. The van der Waals surface area contributed by atoms with Crippen molar-refractivity contribution in [3.8, 4) is 0 Å². The van der Waals surface area contributed by atoms with Crippen LogP contribution >= 0.6 is 11.8 Å². The SMILES string of the molecule is CC(=O)N[C@@H](C(=O)Sc1ccc(C)cc1)[C@H]1COC(C)(C)O1. The van der Waals surface area contributed by atoms with Crippen molar-refractivity contribution in [3.63, 3.8) is 0 Å². The Bertz CT molecular complexity index is 556. The minimum atomic E-state index is -0.740. The molecule has 2 atom stereocenters. The second-order valence-corrected chi connectivity index (χ2v) is 6.86. The number of rotatable bonds is 4. The summed E-state index contributed by atoms with van der Waals surface area (Å²) < 4.78 is 11.2. The molecule has 120 valence electrons. The van der Waals surface area contributed by atoms with Crippen molar-refractivity contribution in [2.24, 2.45) is 0 Å². The Kier molecular flexibility index (Phi) is 5.26. The molecule has 0 aromatic heterocycles. The van der Waals surface area contributed by atoms with Gasteiger partial charge in [0.15, 0.2) is 5.79 Å². The van der Waals surface area contributed by atoms with E-state index in [0.29, 0.717) is 0 Å². The number of ether oxygens (including phenoxy) is 2. The number of nitrogens with one attached hydrogen (secondary N) is 1. The van der Waals surface area contributed by atoms with Gasteiger partial charge in [-0.25, -0.2) is 0 Å². The molecule has 0 unspecified atom stereocenters. The average molecular weight is 323 g/mol. The highest BCUT2D eigenvalue weighted by Gasteiger charge is 2.41. The minimum absolute atomic E-state index is 0.162. The molecule has 1 amide bonds. The maximum Gasteiger partial charge on any atom is 0.218 e. The fourth-order valence-electron chi connectivity index (χ4n) is 2.19. The molecule has 1 aromatic rings. The number of hydrogen-bond acceptors (Lipinski definition) is 5. The van der Waals surface area contributed by atoms with E-state index in [1.165, 1.54) is 6.92 Å². The highest BCUT2D eigenvalue weighted by atomic mass is 32.2. The Morgan fingerprint density at radius 3 is 2.45 bits per heavy atom. The summed E-state index contributed by atoms with van der Waals surface area (Å²) in [6.45, 7) is 7.23. The molecule has 0 radical (unpaired) electrons. The van der Waals surface area contributed by atoms with Gasteiger partial charge in [-0.3, -0.25) is 9.59 Å². The Labute approximate surface area is 134 Å². The maximum absolute atomic E-state index is 12.5. The molecule has 2 rings (SSSR count). The highest BCUT2D eigenvalue weighted by molar-refractivity contribution is 8.13. The number of carbonyl (C=O) groups excluding carboxylic acids is 2. The van der Waals surface area contributed by atoms with Crippen LogP contribution in [0.25, 0.3) is 0 Å². The van der Waals surface area contributed by atoms with E-state index in [4.69, 9.17) is 9.47 Å². The zero-order valence-electron chi connectivity index (χ0n) is 13.2. The number of hydrogen-bond donors (Lipinski definition) is 1. The van der Waals surface area contributed by atoms with Gasteiger partial charge in [0.05, 0.1) is 6.61 Å². The summed E-state index contributed by atoms with van der Waals surface area (Å²) in [5, 5.41) is 2.51. The van der Waals surface area contributed by atoms with Crippen molar-refractivity contribution in [1.29, 1.82) is 0 Å². The van der Waals surface area contributed by atoms with Gasteiger partial charge in [0.2, 0.25) is 11.0 Å². The topological polar surface area (TPSA) is 64.6 Å². The third-order valence-electron chi connectivity index (χ3n) is 3.25. The van der Waals surface area contributed by atoms with Crippen LogP contribution in [0.2, 0.25) is 0 Å². The lowest BCUT2D eigenvalue weighted by Gasteiger charge is -2.23. The zero-order chi connectivity index (χ0) is 16.3. The van der Waals surface area contributed by atoms with E-state index in [-0.39, 0.29) is 17.6 Å². The highest BCUT2D eigenvalue weighted by Crippen LogP contribution is 2.28. The van der Waals surface area contributed by atoms with Crippen molar-refractivity contribution in [2.75, 3.05) is 6.61 Å². The van der Waals surface area contributed by atoms with Crippen molar-refractivity contribution in [1.82, 2.24) is 5.32 Å². The third kappa shape index (κ3) is 4.56. The molecule has 1 aromatic carbocycles. The predicted octanol–water partition coefficient (Wildman–Crippen LogP) is 2.27. The van der Waals surface area contributed by atoms with E-state index in [0.717, 1.165) is 22.2 Å². The summed E-state index contributed by atoms with van der Waals surface area (Å²) in [7, 11) is 0. The van der Waals surface area contributed by atoms with Crippen LogP contribution in [0.4, 0.5) is 0 Å². The van der Waals surface area contributed by atoms with Gasteiger partial charge in [-0.05, 0) is 44.7 Å². The largest absolute Gasteiger partial charge is 0.348 e. The number of carbonyl (C=O) groups is 2. The van der Waals surface area contributed by atoms with Gasteiger partial charge in [-0.1, -0.05) is 17.7 Å². The monoisotopic (exact) mass is 323 g/mol. The van der Waals surface area contributed by atoms with E-state index >= 15 is 0 Å². The molecule has 1 N–H and O–H groups in total. The zero-order valence-corrected chi connectivity index (χ0v) is 14.0. The molecule has 0 saturated carbocycles. The van der Waals surface area contributed by atoms with Gasteiger partial charge >= 0.3 is 0 Å². The van der Waals surface area contributed by atoms with Crippen LogP contribution in [0.5, 0.6) is 0 Å². The lowest BCUT2D eigenvalue weighted by molar-refractivity contribution is -0.146. The molecule has 1 fully saturated rings. The first-order chi connectivity index (χ1) is 10.3. The Morgan fingerprint density at radius 2 is 1.95 bits per heavy atom. The quantitative estimate of drug-likeness (QED) is 0.861. The number of amides is 1. The smallest absolute Gasteiger partial charge is 0.218 e. The Balaban J connectivity index is 2.09. The third-order valence-corrected chi connectivity index (χ3v) is 4.22. The number of thioether (sulfide) groups is 1. The van der Waals surface area contributed by atoms with Crippen LogP contribution in [0.15, 0.2) is 29.2 Å². The first-order valence-corrected chi connectivity index (χ1v) is 7.96. The van der Waals surface area contributed by atoms with Gasteiger partial charge in [0.1, 0.15) is 12.1 Å². The van der Waals surface area contributed by atoms with Crippen LogP contribution in [0, 0.1) is 6.92 Å². The average Bonchev–Trinajstić information content (AvgIpc) is 2.78. The second-order valence-electron chi connectivity index (χ2n) is 5.78. The molecule has 0 bridgehead atoms. The molecule has 0 aliphatic carbocycles. The summed E-state index contributed by atoms with van der Waals surface area (Å²) >= 11 is 1.10. The summed E-state index contributed by atoms with van der Waals surface area (Å²) in [6.07, 6.45) is -0.482. The molecule has 1 heterocycles. The van der Waals surface area contributed by atoms with Crippen molar-refractivity contribution >= 4 is 22.8 Å². The van der Waals surface area contributed by atoms with Gasteiger partial charge in [-0.2, -0.15) is 0 Å². The van der Waals surface area contributed by atoms with E-state index in [1.807, 2.05) is 31.2 Å². The van der Waals surface area contributed by atoms with Crippen LogP contribution < -0.4 is 5.32 Å². The minimum Gasteiger partial charge on any atom is -0.348 e. The van der Waals surface area contributed by atoms with E-state index in [2.05, 4.69) is 5.32 Å². The molecule has 6 heteroatoms. The Hall–Kier alpha value is -1.37. The van der Waals surface area contributed by atoms with Gasteiger partial charge in [0, 0.05) is 11.8 Å². The van der Waals surface area contributed by atoms with Crippen molar-refractivity contribution in [2.45, 2.75) is 50.5 Å². The normalized spacial score (nSPS) is 21.4. The van der Waals surface area contributed by atoms with Crippen LogP contribution in [0.3, 0.4) is 0 Å². The number of aryl methyl sites for hydroxylation is 1. The molecule has 1 saturated heterocycles. The first-order valence-electron chi connectivity index (χ1n) is 7.14. The lowest BCUT2D eigenvalue weighted by Crippen LogP contribution is -2.48. The van der Waals surface area contributed by atoms with E-state index in [9.17, 15) is 9.59 Å². The molecule has 1 aliphatic rings. The second kappa shape index (κ2) is 6.81. The van der Waals surface area contributed by atoms with Crippen molar-refractivity contribution in [3.05, 3.63) is 29.8 Å². The van der Waals surface area contributed by atoms with E-state index < -0.39 is 17.9 Å². The summed E-state index contributed by atoms with van der Waals surface area (Å²) in [5.41, 5.74) is 1.13.